The zero-order valence-electron chi connectivity index (χ0n) is 22.9. The fourth-order valence-corrected chi connectivity index (χ4v) is 6.20. The molecule has 1 atom stereocenters. The van der Waals surface area contributed by atoms with Gasteiger partial charge in [-0.1, -0.05) is 49.7 Å². The van der Waals surface area contributed by atoms with Crippen LogP contribution < -0.4 is 10.6 Å². The molecule has 2 fully saturated rings. The molecule has 2 aliphatic rings. The predicted molar refractivity (Wildman–Crippen MR) is 149 cm³/mol. The van der Waals surface area contributed by atoms with E-state index in [-0.39, 0.29) is 19.0 Å². The Hall–Kier alpha value is -2.78. The number of carbonyl (C=O) groups is 2. The Labute approximate surface area is 238 Å². The molecule has 0 bridgehead atoms. The van der Waals surface area contributed by atoms with Gasteiger partial charge in [0.05, 0.1) is 10.6 Å². The van der Waals surface area contributed by atoms with Crippen molar-refractivity contribution in [3.05, 3.63) is 64.2 Å². The van der Waals surface area contributed by atoms with Gasteiger partial charge in [-0.05, 0) is 73.6 Å². The molecule has 4 rings (SSSR count). The molecule has 10 heteroatoms. The van der Waals surface area contributed by atoms with Gasteiger partial charge in [-0.25, -0.2) is 0 Å². The second-order valence-electron chi connectivity index (χ2n) is 11.4. The number of rotatable bonds is 7. The van der Waals surface area contributed by atoms with Crippen molar-refractivity contribution in [3.63, 3.8) is 0 Å². The lowest BCUT2D eigenvalue weighted by atomic mass is 9.82. The molecule has 2 aromatic carbocycles. The number of carbonyl (C=O) groups excluding carboxylic acids is 2. The van der Waals surface area contributed by atoms with Gasteiger partial charge >= 0.3 is 6.18 Å². The zero-order chi connectivity index (χ0) is 29.2. The third-order valence-electron chi connectivity index (χ3n) is 8.46. The van der Waals surface area contributed by atoms with Crippen molar-refractivity contribution >= 4 is 29.1 Å². The van der Waals surface area contributed by atoms with E-state index in [1.807, 2.05) is 19.9 Å². The highest BCUT2D eigenvalue weighted by Crippen LogP contribution is 2.42. The molecule has 2 amide bonds. The van der Waals surface area contributed by atoms with E-state index in [0.29, 0.717) is 40.8 Å². The smallest absolute Gasteiger partial charge is 0.371 e. The second-order valence-corrected chi connectivity index (χ2v) is 11.8. The van der Waals surface area contributed by atoms with Crippen LogP contribution in [0.15, 0.2) is 42.5 Å². The first-order valence-corrected chi connectivity index (χ1v) is 14.2. The first-order chi connectivity index (χ1) is 18.8. The minimum absolute atomic E-state index is 0.0460. The minimum Gasteiger partial charge on any atom is -0.371 e. The maximum atomic E-state index is 14.2. The van der Waals surface area contributed by atoms with Crippen LogP contribution in [0.25, 0.3) is 0 Å². The average Bonchev–Trinajstić information content (AvgIpc) is 2.92. The van der Waals surface area contributed by atoms with E-state index in [0.717, 1.165) is 38.0 Å². The summed E-state index contributed by atoms with van der Waals surface area (Å²) in [6.07, 6.45) is -1.04. The van der Waals surface area contributed by atoms with Gasteiger partial charge in [0.1, 0.15) is 0 Å². The number of hydrogen-bond acceptors (Lipinski definition) is 4. The standard InChI is InChI=1S/C30H37ClF3N3O3/c1-19(2)22-4-3-5-23(17-22)29(40,30(32,33)34)28(39)37-14-10-21(11-15-37)16-20-8-12-36(13-9-20)24-6-7-25(27(35)38)26(31)18-24/h3-7,17-21,40H,8-16H2,1-2H3,(H2,35,38)/t29-/m1/s1. The van der Waals surface area contributed by atoms with Crippen LogP contribution in [0, 0.1) is 11.8 Å². The molecule has 0 spiro atoms. The number of alkyl halides is 3. The lowest BCUT2D eigenvalue weighted by Crippen LogP contribution is -2.57. The van der Waals surface area contributed by atoms with Gasteiger partial charge in [0, 0.05) is 37.4 Å². The van der Waals surface area contributed by atoms with Crippen LogP contribution in [-0.2, 0) is 10.4 Å². The molecule has 40 heavy (non-hydrogen) atoms. The van der Waals surface area contributed by atoms with Crippen molar-refractivity contribution in [2.45, 2.75) is 63.6 Å². The molecule has 6 nitrogen and oxygen atoms in total. The largest absolute Gasteiger partial charge is 0.430 e. The molecule has 0 aliphatic carbocycles. The van der Waals surface area contributed by atoms with Gasteiger partial charge in [-0.15, -0.1) is 0 Å². The van der Waals surface area contributed by atoms with Crippen molar-refractivity contribution in [2.75, 3.05) is 31.1 Å². The molecule has 2 saturated heterocycles. The molecule has 2 aliphatic heterocycles. The van der Waals surface area contributed by atoms with Crippen LogP contribution in [-0.4, -0.2) is 54.2 Å². The maximum Gasteiger partial charge on any atom is 0.430 e. The summed E-state index contributed by atoms with van der Waals surface area (Å²) < 4.78 is 42.6. The minimum atomic E-state index is -5.14. The number of nitrogens with zero attached hydrogens (tertiary/aromatic N) is 2. The summed E-state index contributed by atoms with van der Waals surface area (Å²) in [6.45, 7) is 5.75. The molecule has 0 radical (unpaired) electrons. The zero-order valence-corrected chi connectivity index (χ0v) is 23.6. The van der Waals surface area contributed by atoms with Gasteiger partial charge in [0.25, 0.3) is 11.5 Å². The number of halogens is 4. The quantitative estimate of drug-likeness (QED) is 0.430. The number of primary amides is 1. The van der Waals surface area contributed by atoms with Crippen LogP contribution >= 0.6 is 11.6 Å². The SMILES string of the molecule is CC(C)c1cccc([C@@](O)(C(=O)N2CCC(CC3CCN(c4ccc(C(N)=O)c(Cl)c4)CC3)CC2)C(F)(F)F)c1. The van der Waals surface area contributed by atoms with E-state index in [2.05, 4.69) is 4.90 Å². The Bertz CT molecular complexity index is 1220. The highest BCUT2D eigenvalue weighted by Gasteiger charge is 2.62. The fraction of sp³-hybridized carbons (Fsp3) is 0.533. The molecule has 2 heterocycles. The highest BCUT2D eigenvalue weighted by atomic mass is 35.5. The van der Waals surface area contributed by atoms with E-state index >= 15 is 0 Å². The number of piperidine rings is 2. The third-order valence-corrected chi connectivity index (χ3v) is 8.77. The van der Waals surface area contributed by atoms with Crippen LogP contribution in [0.1, 0.15) is 73.4 Å². The molecule has 3 N–H and O–H groups in total. The molecule has 0 unspecified atom stereocenters. The summed E-state index contributed by atoms with van der Waals surface area (Å²) in [6, 6.07) is 10.9. The summed E-state index contributed by atoms with van der Waals surface area (Å²) in [4.78, 5) is 28.0. The van der Waals surface area contributed by atoms with Gasteiger partial charge in [0.2, 0.25) is 5.91 Å². The Morgan fingerprint density at radius 2 is 1.60 bits per heavy atom. The highest BCUT2D eigenvalue weighted by molar-refractivity contribution is 6.34. The Balaban J connectivity index is 1.33. The number of nitrogens with two attached hydrogens (primary N) is 1. The summed E-state index contributed by atoms with van der Waals surface area (Å²) >= 11 is 6.21. The first kappa shape index (κ1) is 30.2. The number of amides is 2. The van der Waals surface area contributed by atoms with Crippen LogP contribution in [0.3, 0.4) is 0 Å². The monoisotopic (exact) mass is 579 g/mol. The average molecular weight is 580 g/mol. The van der Waals surface area contributed by atoms with Crippen LogP contribution in [0.5, 0.6) is 0 Å². The van der Waals surface area contributed by atoms with Gasteiger partial charge in [0.15, 0.2) is 0 Å². The second kappa shape index (κ2) is 12.0. The third kappa shape index (κ3) is 6.25. The van der Waals surface area contributed by atoms with Crippen molar-refractivity contribution in [1.82, 2.24) is 4.90 Å². The number of anilines is 1. The number of likely N-dealkylation sites (tertiary alicyclic amines) is 1. The number of hydrogen-bond donors (Lipinski definition) is 2. The Kier molecular flexibility index (Phi) is 9.05. The molecule has 0 saturated carbocycles. The van der Waals surface area contributed by atoms with Crippen LogP contribution in [0.2, 0.25) is 5.02 Å². The lowest BCUT2D eigenvalue weighted by molar-refractivity contribution is -0.262. The molecule has 0 aromatic heterocycles. The normalized spacial score (nSPS) is 19.1. The van der Waals surface area contributed by atoms with Gasteiger partial charge < -0.3 is 20.6 Å². The first-order valence-electron chi connectivity index (χ1n) is 13.8. The van der Waals surface area contributed by atoms with E-state index < -0.39 is 29.2 Å². The van der Waals surface area contributed by atoms with Crippen molar-refractivity contribution < 1.29 is 27.9 Å². The van der Waals surface area contributed by atoms with E-state index in [9.17, 15) is 27.9 Å². The lowest BCUT2D eigenvalue weighted by Gasteiger charge is -2.40. The maximum absolute atomic E-state index is 14.2. The Morgan fingerprint density at radius 1 is 1.00 bits per heavy atom. The molecular formula is C30H37ClF3N3O3. The van der Waals surface area contributed by atoms with E-state index in [1.165, 1.54) is 23.1 Å². The summed E-state index contributed by atoms with van der Waals surface area (Å²) in [5, 5.41) is 11.2. The molecule has 218 valence electrons. The molecular weight excluding hydrogens is 543 g/mol. The summed E-state index contributed by atoms with van der Waals surface area (Å²) in [7, 11) is 0. The van der Waals surface area contributed by atoms with Crippen molar-refractivity contribution in [2.24, 2.45) is 17.6 Å². The molecule has 2 aromatic rings. The Morgan fingerprint density at radius 3 is 2.12 bits per heavy atom. The van der Waals surface area contributed by atoms with E-state index in [4.69, 9.17) is 17.3 Å². The summed E-state index contributed by atoms with van der Waals surface area (Å²) in [5.41, 5.74) is 3.19. The van der Waals surface area contributed by atoms with Crippen LogP contribution in [0.4, 0.5) is 18.9 Å². The number of aliphatic hydroxyl groups is 1. The number of benzene rings is 2. The van der Waals surface area contributed by atoms with Crippen molar-refractivity contribution in [3.8, 4) is 0 Å². The fourth-order valence-electron chi connectivity index (χ4n) is 5.93. The van der Waals surface area contributed by atoms with E-state index in [1.54, 1.807) is 18.2 Å². The van der Waals surface area contributed by atoms with Gasteiger partial charge in [-0.3, -0.25) is 9.59 Å². The summed E-state index contributed by atoms with van der Waals surface area (Å²) in [5.74, 6) is -1.11. The predicted octanol–water partition coefficient (Wildman–Crippen LogP) is 5.86. The van der Waals surface area contributed by atoms with Crippen molar-refractivity contribution in [1.29, 1.82) is 0 Å². The van der Waals surface area contributed by atoms with Gasteiger partial charge in [-0.2, -0.15) is 13.2 Å². The topological polar surface area (TPSA) is 86.9 Å².